The highest BCUT2D eigenvalue weighted by Crippen LogP contribution is 2.36. The molecule has 1 aliphatic carbocycles. The van der Waals surface area contributed by atoms with E-state index in [1.54, 1.807) is 0 Å². The van der Waals surface area contributed by atoms with Gasteiger partial charge >= 0.3 is 0 Å². The van der Waals surface area contributed by atoms with Gasteiger partial charge in [0.15, 0.2) is 5.89 Å². The van der Waals surface area contributed by atoms with Crippen molar-refractivity contribution in [2.45, 2.75) is 44.9 Å². The van der Waals surface area contributed by atoms with Crippen LogP contribution in [0.1, 0.15) is 50.2 Å². The third kappa shape index (κ3) is 2.81. The van der Waals surface area contributed by atoms with Crippen LogP contribution < -0.4 is 5.32 Å². The average molecular weight is 208 g/mol. The molecule has 0 amide bonds. The van der Waals surface area contributed by atoms with Crippen molar-refractivity contribution in [2.24, 2.45) is 0 Å². The number of nitrogens with one attached hydrogen (secondary N) is 1. The first kappa shape index (κ1) is 10.7. The molecule has 15 heavy (non-hydrogen) atoms. The zero-order valence-corrected chi connectivity index (χ0v) is 9.46. The summed E-state index contributed by atoms with van der Waals surface area (Å²) < 4.78 is 5.72. The minimum Gasteiger partial charge on any atom is -0.445 e. The van der Waals surface area contributed by atoms with Crippen molar-refractivity contribution in [1.82, 2.24) is 10.3 Å². The molecule has 3 nitrogen and oxygen atoms in total. The summed E-state index contributed by atoms with van der Waals surface area (Å²) >= 11 is 0. The molecular weight excluding hydrogens is 188 g/mol. The van der Waals surface area contributed by atoms with E-state index in [9.17, 15) is 0 Å². The third-order valence-electron chi connectivity index (χ3n) is 3.02. The van der Waals surface area contributed by atoms with Crippen LogP contribution in [0.15, 0.2) is 10.6 Å². The molecule has 1 heterocycles. The second kappa shape index (κ2) is 5.31. The van der Waals surface area contributed by atoms with Gasteiger partial charge in [0, 0.05) is 18.9 Å². The normalized spacial score (nSPS) is 16.6. The summed E-state index contributed by atoms with van der Waals surface area (Å²) in [7, 11) is 0. The van der Waals surface area contributed by atoms with Gasteiger partial charge in [0.05, 0.1) is 6.20 Å². The van der Waals surface area contributed by atoms with Gasteiger partial charge in [-0.15, -0.1) is 0 Å². The van der Waals surface area contributed by atoms with Crippen LogP contribution in [-0.4, -0.2) is 18.1 Å². The van der Waals surface area contributed by atoms with E-state index in [2.05, 4.69) is 17.2 Å². The Kier molecular flexibility index (Phi) is 3.78. The fourth-order valence-electron chi connectivity index (χ4n) is 1.82. The monoisotopic (exact) mass is 208 g/mol. The van der Waals surface area contributed by atoms with E-state index >= 15 is 0 Å². The van der Waals surface area contributed by atoms with E-state index in [4.69, 9.17) is 4.42 Å². The molecule has 1 N–H and O–H groups in total. The Morgan fingerprint density at radius 2 is 2.33 bits per heavy atom. The largest absolute Gasteiger partial charge is 0.445 e. The van der Waals surface area contributed by atoms with Gasteiger partial charge in [0.2, 0.25) is 0 Å². The predicted molar refractivity (Wildman–Crippen MR) is 60.0 cm³/mol. The SMILES string of the molecule is CCCNCCc1ncc(C2CCC2)o1. The molecule has 0 bridgehead atoms. The van der Waals surface area contributed by atoms with E-state index in [-0.39, 0.29) is 0 Å². The molecule has 1 fully saturated rings. The molecule has 84 valence electrons. The fourth-order valence-corrected chi connectivity index (χ4v) is 1.82. The van der Waals surface area contributed by atoms with Crippen LogP contribution in [0.2, 0.25) is 0 Å². The second-order valence-corrected chi connectivity index (χ2v) is 4.28. The molecule has 0 spiro atoms. The summed E-state index contributed by atoms with van der Waals surface area (Å²) in [6.45, 7) is 4.22. The molecule has 1 aromatic heterocycles. The van der Waals surface area contributed by atoms with Gasteiger partial charge in [-0.05, 0) is 25.8 Å². The molecule has 1 saturated carbocycles. The minimum absolute atomic E-state index is 0.662. The third-order valence-corrected chi connectivity index (χ3v) is 3.02. The number of oxazole rings is 1. The van der Waals surface area contributed by atoms with Gasteiger partial charge in [-0.3, -0.25) is 0 Å². The van der Waals surface area contributed by atoms with Crippen LogP contribution in [0, 0.1) is 0 Å². The fraction of sp³-hybridized carbons (Fsp3) is 0.750. The zero-order chi connectivity index (χ0) is 10.5. The number of nitrogens with zero attached hydrogens (tertiary/aromatic N) is 1. The van der Waals surface area contributed by atoms with Crippen LogP contribution in [0.3, 0.4) is 0 Å². The van der Waals surface area contributed by atoms with Crippen molar-refractivity contribution >= 4 is 0 Å². The Balaban J connectivity index is 1.74. The highest BCUT2D eigenvalue weighted by atomic mass is 16.4. The standard InChI is InChI=1S/C12H20N2O/c1-2-7-13-8-6-12-14-9-11(15-12)10-4-3-5-10/h9-10,13H,2-8H2,1H3. The van der Waals surface area contributed by atoms with E-state index < -0.39 is 0 Å². The van der Waals surface area contributed by atoms with E-state index in [0.717, 1.165) is 31.2 Å². The molecule has 0 aliphatic heterocycles. The Bertz CT molecular complexity index is 292. The first-order valence-corrected chi connectivity index (χ1v) is 6.05. The number of hydrogen-bond donors (Lipinski definition) is 1. The molecule has 0 saturated heterocycles. The summed E-state index contributed by atoms with van der Waals surface area (Å²) in [6, 6.07) is 0. The van der Waals surface area contributed by atoms with Gasteiger partial charge < -0.3 is 9.73 Å². The lowest BCUT2D eigenvalue weighted by atomic mass is 9.84. The average Bonchev–Trinajstić information content (AvgIpc) is 2.58. The highest BCUT2D eigenvalue weighted by molar-refractivity contribution is 5.05. The Labute approximate surface area is 91.3 Å². The molecule has 0 atom stereocenters. The highest BCUT2D eigenvalue weighted by Gasteiger charge is 2.23. The first-order chi connectivity index (χ1) is 7.40. The topological polar surface area (TPSA) is 38.1 Å². The molecule has 1 aliphatic rings. The van der Waals surface area contributed by atoms with Gasteiger partial charge in [0.25, 0.3) is 0 Å². The summed E-state index contributed by atoms with van der Waals surface area (Å²) in [6.07, 6.45) is 7.91. The number of rotatable bonds is 6. The van der Waals surface area contributed by atoms with Crippen molar-refractivity contribution in [2.75, 3.05) is 13.1 Å². The minimum atomic E-state index is 0.662. The Morgan fingerprint density at radius 1 is 1.47 bits per heavy atom. The maximum absolute atomic E-state index is 5.72. The van der Waals surface area contributed by atoms with Crippen molar-refractivity contribution < 1.29 is 4.42 Å². The smallest absolute Gasteiger partial charge is 0.195 e. The first-order valence-electron chi connectivity index (χ1n) is 6.05. The molecule has 2 rings (SSSR count). The van der Waals surface area contributed by atoms with Gasteiger partial charge in [0.1, 0.15) is 5.76 Å². The lowest BCUT2D eigenvalue weighted by Crippen LogP contribution is -2.17. The summed E-state index contributed by atoms with van der Waals surface area (Å²) in [5.41, 5.74) is 0. The van der Waals surface area contributed by atoms with Crippen LogP contribution in [0.5, 0.6) is 0 Å². The summed E-state index contributed by atoms with van der Waals surface area (Å²) in [4.78, 5) is 4.31. The van der Waals surface area contributed by atoms with Gasteiger partial charge in [-0.25, -0.2) is 4.98 Å². The predicted octanol–water partition coefficient (Wildman–Crippen LogP) is 2.48. The van der Waals surface area contributed by atoms with Crippen molar-refractivity contribution in [3.8, 4) is 0 Å². The Morgan fingerprint density at radius 3 is 3.00 bits per heavy atom. The van der Waals surface area contributed by atoms with Gasteiger partial charge in [-0.2, -0.15) is 0 Å². The summed E-state index contributed by atoms with van der Waals surface area (Å²) in [5.74, 6) is 2.65. The Hall–Kier alpha value is -0.830. The molecule has 1 aromatic rings. The van der Waals surface area contributed by atoms with Crippen LogP contribution in [0.4, 0.5) is 0 Å². The van der Waals surface area contributed by atoms with Crippen molar-refractivity contribution in [1.29, 1.82) is 0 Å². The quantitative estimate of drug-likeness (QED) is 0.730. The maximum Gasteiger partial charge on any atom is 0.195 e. The maximum atomic E-state index is 5.72. The van der Waals surface area contributed by atoms with E-state index in [1.165, 1.54) is 25.7 Å². The summed E-state index contributed by atoms with van der Waals surface area (Å²) in [5, 5.41) is 3.35. The lowest BCUT2D eigenvalue weighted by Gasteiger charge is -2.22. The van der Waals surface area contributed by atoms with Crippen LogP contribution >= 0.6 is 0 Å². The molecular formula is C12H20N2O. The zero-order valence-electron chi connectivity index (χ0n) is 9.46. The van der Waals surface area contributed by atoms with E-state index in [1.807, 2.05) is 6.20 Å². The van der Waals surface area contributed by atoms with Crippen molar-refractivity contribution in [3.63, 3.8) is 0 Å². The molecule has 0 radical (unpaired) electrons. The van der Waals surface area contributed by atoms with Crippen molar-refractivity contribution in [3.05, 3.63) is 17.8 Å². The van der Waals surface area contributed by atoms with E-state index in [0.29, 0.717) is 5.92 Å². The number of hydrogen-bond acceptors (Lipinski definition) is 3. The van der Waals surface area contributed by atoms with Crippen LogP contribution in [-0.2, 0) is 6.42 Å². The van der Waals surface area contributed by atoms with Crippen LogP contribution in [0.25, 0.3) is 0 Å². The molecule has 0 unspecified atom stereocenters. The number of aromatic nitrogens is 1. The lowest BCUT2D eigenvalue weighted by molar-refractivity contribution is 0.333. The molecule has 0 aromatic carbocycles. The second-order valence-electron chi connectivity index (χ2n) is 4.28. The van der Waals surface area contributed by atoms with Gasteiger partial charge in [-0.1, -0.05) is 13.3 Å². The molecule has 3 heteroatoms.